The maximum atomic E-state index is 11.9. The van der Waals surface area contributed by atoms with Gasteiger partial charge in [0, 0.05) is 18.9 Å². The van der Waals surface area contributed by atoms with Gasteiger partial charge in [-0.25, -0.2) is 0 Å². The molecule has 2 aromatic rings. The summed E-state index contributed by atoms with van der Waals surface area (Å²) < 4.78 is 0. The minimum absolute atomic E-state index is 0.157. The minimum Gasteiger partial charge on any atom is -0.354 e. The van der Waals surface area contributed by atoms with Gasteiger partial charge >= 0.3 is 0 Å². The van der Waals surface area contributed by atoms with Crippen LogP contribution in [-0.4, -0.2) is 17.4 Å². The lowest BCUT2D eigenvalue weighted by molar-refractivity contribution is -0.122. The molecule has 2 rings (SSSR count). The quantitative estimate of drug-likeness (QED) is 0.849. The van der Waals surface area contributed by atoms with Crippen molar-refractivity contribution < 1.29 is 4.79 Å². The first-order valence-corrected chi connectivity index (χ1v) is 6.24. The van der Waals surface area contributed by atoms with Crippen LogP contribution in [0.4, 0.5) is 0 Å². The Kier molecular flexibility index (Phi) is 4.64. The van der Waals surface area contributed by atoms with Crippen LogP contribution < -0.4 is 11.1 Å². The zero-order chi connectivity index (χ0) is 13.5. The van der Waals surface area contributed by atoms with E-state index in [0.717, 1.165) is 17.5 Å². The summed E-state index contributed by atoms with van der Waals surface area (Å²) in [7, 11) is 0. The zero-order valence-electron chi connectivity index (χ0n) is 10.6. The predicted molar refractivity (Wildman–Crippen MR) is 74.3 cm³/mol. The van der Waals surface area contributed by atoms with E-state index < -0.39 is 6.04 Å². The molecule has 1 aromatic carbocycles. The lowest BCUT2D eigenvalue weighted by Crippen LogP contribution is -2.35. The summed E-state index contributed by atoms with van der Waals surface area (Å²) in [6.45, 7) is 0.561. The Morgan fingerprint density at radius 1 is 1.21 bits per heavy atom. The van der Waals surface area contributed by atoms with Gasteiger partial charge in [-0.1, -0.05) is 36.4 Å². The van der Waals surface area contributed by atoms with E-state index in [-0.39, 0.29) is 5.91 Å². The first kappa shape index (κ1) is 13.2. The van der Waals surface area contributed by atoms with E-state index in [1.54, 1.807) is 12.4 Å². The van der Waals surface area contributed by atoms with Crippen molar-refractivity contribution in [3.63, 3.8) is 0 Å². The molecular weight excluding hydrogens is 238 g/mol. The summed E-state index contributed by atoms with van der Waals surface area (Å²) in [4.78, 5) is 15.9. The highest BCUT2D eigenvalue weighted by Crippen LogP contribution is 2.09. The lowest BCUT2D eigenvalue weighted by Gasteiger charge is -2.12. The van der Waals surface area contributed by atoms with Crippen molar-refractivity contribution in [2.24, 2.45) is 5.73 Å². The van der Waals surface area contributed by atoms with E-state index in [4.69, 9.17) is 5.73 Å². The molecule has 4 heteroatoms. The lowest BCUT2D eigenvalue weighted by atomic mass is 10.1. The van der Waals surface area contributed by atoms with Crippen LogP contribution in [0, 0.1) is 0 Å². The van der Waals surface area contributed by atoms with Gasteiger partial charge in [-0.15, -0.1) is 0 Å². The van der Waals surface area contributed by atoms with Gasteiger partial charge < -0.3 is 11.1 Å². The van der Waals surface area contributed by atoms with Crippen LogP contribution in [-0.2, 0) is 11.2 Å². The fourth-order valence-electron chi connectivity index (χ4n) is 1.80. The van der Waals surface area contributed by atoms with E-state index in [0.29, 0.717) is 6.54 Å². The van der Waals surface area contributed by atoms with E-state index >= 15 is 0 Å². The molecule has 0 fully saturated rings. The first-order valence-electron chi connectivity index (χ1n) is 6.24. The molecule has 1 atom stereocenters. The minimum atomic E-state index is -0.616. The summed E-state index contributed by atoms with van der Waals surface area (Å²) >= 11 is 0. The highest BCUT2D eigenvalue weighted by molar-refractivity contribution is 5.82. The zero-order valence-corrected chi connectivity index (χ0v) is 10.6. The molecule has 0 aliphatic rings. The number of benzene rings is 1. The third-order valence-electron chi connectivity index (χ3n) is 2.88. The summed E-state index contributed by atoms with van der Waals surface area (Å²) in [5.41, 5.74) is 7.81. The van der Waals surface area contributed by atoms with Crippen molar-refractivity contribution in [1.29, 1.82) is 0 Å². The molecule has 0 spiro atoms. The largest absolute Gasteiger partial charge is 0.354 e. The van der Waals surface area contributed by atoms with Crippen molar-refractivity contribution in [3.8, 4) is 0 Å². The number of carbonyl (C=O) groups excluding carboxylic acids is 1. The smallest absolute Gasteiger partial charge is 0.241 e. The molecule has 0 radical (unpaired) electrons. The molecule has 1 heterocycles. The molecule has 3 N–H and O–H groups in total. The molecular formula is C15H17N3O. The van der Waals surface area contributed by atoms with Crippen molar-refractivity contribution in [3.05, 3.63) is 66.0 Å². The van der Waals surface area contributed by atoms with E-state index in [2.05, 4.69) is 10.3 Å². The topological polar surface area (TPSA) is 68.0 Å². The number of hydrogen-bond donors (Lipinski definition) is 2. The molecule has 1 aromatic heterocycles. The third-order valence-corrected chi connectivity index (χ3v) is 2.88. The van der Waals surface area contributed by atoms with Crippen molar-refractivity contribution in [1.82, 2.24) is 10.3 Å². The van der Waals surface area contributed by atoms with E-state index in [1.165, 1.54) is 0 Å². The van der Waals surface area contributed by atoms with Gasteiger partial charge in [-0.3, -0.25) is 9.78 Å². The monoisotopic (exact) mass is 255 g/mol. The number of nitrogens with one attached hydrogen (secondary N) is 1. The number of nitrogens with zero attached hydrogens (tertiary/aromatic N) is 1. The van der Waals surface area contributed by atoms with Crippen molar-refractivity contribution in [2.45, 2.75) is 12.5 Å². The van der Waals surface area contributed by atoms with Gasteiger partial charge in [0.15, 0.2) is 0 Å². The molecule has 0 aliphatic carbocycles. The molecule has 0 saturated heterocycles. The SMILES string of the molecule is N[C@H](C(=O)NCCc1cccnc1)c1ccccc1. The van der Waals surface area contributed by atoms with Crippen LogP contribution in [0.2, 0.25) is 0 Å². The second-order valence-electron chi connectivity index (χ2n) is 4.29. The fraction of sp³-hybridized carbons (Fsp3) is 0.200. The highest BCUT2D eigenvalue weighted by Gasteiger charge is 2.14. The summed E-state index contributed by atoms with van der Waals surface area (Å²) in [6.07, 6.45) is 4.28. The number of aromatic nitrogens is 1. The second-order valence-corrected chi connectivity index (χ2v) is 4.29. The molecule has 1 amide bonds. The number of carbonyl (C=O) groups is 1. The average molecular weight is 255 g/mol. The standard InChI is InChI=1S/C15H17N3O/c16-14(13-6-2-1-3-7-13)15(19)18-10-8-12-5-4-9-17-11-12/h1-7,9,11,14H,8,10,16H2,(H,18,19)/t14-/m0/s1. The number of amides is 1. The van der Waals surface area contributed by atoms with Crippen LogP contribution in [0.1, 0.15) is 17.2 Å². The van der Waals surface area contributed by atoms with Gasteiger partial charge in [0.2, 0.25) is 5.91 Å². The van der Waals surface area contributed by atoms with Crippen LogP contribution >= 0.6 is 0 Å². The van der Waals surface area contributed by atoms with Gasteiger partial charge in [-0.05, 0) is 23.6 Å². The number of hydrogen-bond acceptors (Lipinski definition) is 3. The summed E-state index contributed by atoms with van der Waals surface area (Å²) in [6, 6.07) is 12.6. The van der Waals surface area contributed by atoms with Crippen LogP contribution in [0.25, 0.3) is 0 Å². The van der Waals surface area contributed by atoms with Crippen molar-refractivity contribution in [2.75, 3.05) is 6.54 Å². The average Bonchev–Trinajstić information content (AvgIpc) is 2.48. The molecule has 0 bridgehead atoms. The predicted octanol–water partition coefficient (Wildman–Crippen LogP) is 1.44. The Morgan fingerprint density at radius 2 is 2.00 bits per heavy atom. The Balaban J connectivity index is 1.82. The Bertz CT molecular complexity index is 513. The van der Waals surface area contributed by atoms with Gasteiger partial charge in [0.1, 0.15) is 6.04 Å². The summed E-state index contributed by atoms with van der Waals surface area (Å²) in [5, 5.41) is 2.84. The maximum absolute atomic E-state index is 11.9. The molecule has 98 valence electrons. The second kappa shape index (κ2) is 6.66. The number of nitrogens with two attached hydrogens (primary N) is 1. The fourth-order valence-corrected chi connectivity index (χ4v) is 1.80. The van der Waals surface area contributed by atoms with E-state index in [1.807, 2.05) is 42.5 Å². The third kappa shape index (κ3) is 3.89. The van der Waals surface area contributed by atoms with Gasteiger partial charge in [0.05, 0.1) is 0 Å². The Labute approximate surface area is 112 Å². The maximum Gasteiger partial charge on any atom is 0.241 e. The molecule has 4 nitrogen and oxygen atoms in total. The van der Waals surface area contributed by atoms with Gasteiger partial charge in [-0.2, -0.15) is 0 Å². The molecule has 0 unspecified atom stereocenters. The number of pyridine rings is 1. The van der Waals surface area contributed by atoms with Crippen LogP contribution in [0.5, 0.6) is 0 Å². The highest BCUT2D eigenvalue weighted by atomic mass is 16.2. The molecule has 0 aliphatic heterocycles. The normalized spacial score (nSPS) is 11.8. The van der Waals surface area contributed by atoms with Crippen LogP contribution in [0.15, 0.2) is 54.9 Å². The van der Waals surface area contributed by atoms with Crippen LogP contribution in [0.3, 0.4) is 0 Å². The molecule has 0 saturated carbocycles. The van der Waals surface area contributed by atoms with E-state index in [9.17, 15) is 4.79 Å². The number of rotatable bonds is 5. The first-order chi connectivity index (χ1) is 9.27. The van der Waals surface area contributed by atoms with Gasteiger partial charge in [0.25, 0.3) is 0 Å². The molecule has 19 heavy (non-hydrogen) atoms. The Morgan fingerprint density at radius 3 is 2.68 bits per heavy atom. The van der Waals surface area contributed by atoms with Crippen molar-refractivity contribution >= 4 is 5.91 Å². The Hall–Kier alpha value is -2.20. The summed E-state index contributed by atoms with van der Waals surface area (Å²) in [5.74, 6) is -0.157.